The zero-order valence-corrected chi connectivity index (χ0v) is 17.8. The summed E-state index contributed by atoms with van der Waals surface area (Å²) in [6.45, 7) is 3.75. The second kappa shape index (κ2) is 8.00. The number of rotatable bonds is 6. The molecule has 29 heavy (non-hydrogen) atoms. The monoisotopic (exact) mass is 440 g/mol. The Labute approximate surface area is 170 Å². The summed E-state index contributed by atoms with van der Waals surface area (Å²) in [5.74, 6) is -0.334. The smallest absolute Gasteiger partial charge is 0.328 e. The summed E-state index contributed by atoms with van der Waals surface area (Å²) in [6, 6.07) is 3.88. The highest BCUT2D eigenvalue weighted by molar-refractivity contribution is 8.00. The minimum Gasteiger partial charge on any atom is -0.422 e. The molecule has 11 nitrogen and oxygen atoms in total. The maximum atomic E-state index is 12.4. The molecule has 2 N–H and O–H groups in total. The lowest BCUT2D eigenvalue weighted by Gasteiger charge is -2.11. The van der Waals surface area contributed by atoms with Crippen LogP contribution in [-0.2, 0) is 14.8 Å². The van der Waals surface area contributed by atoms with Crippen LogP contribution >= 0.6 is 11.8 Å². The lowest BCUT2D eigenvalue weighted by atomic mass is 10.3. The maximum absolute atomic E-state index is 12.4. The van der Waals surface area contributed by atoms with Gasteiger partial charge in [-0.3, -0.25) is 10.1 Å². The molecule has 0 radical (unpaired) electrons. The lowest BCUT2D eigenvalue weighted by Crippen LogP contribution is -2.42. The van der Waals surface area contributed by atoms with Crippen LogP contribution in [0, 0.1) is 0 Å². The third-order valence-corrected chi connectivity index (χ3v) is 6.83. The molecule has 3 aromatic rings. The third kappa shape index (κ3) is 4.06. The van der Waals surface area contributed by atoms with Gasteiger partial charge in [0, 0.05) is 20.6 Å². The fourth-order valence-corrected chi connectivity index (χ4v) is 4.24. The van der Waals surface area contributed by atoms with E-state index in [0.717, 1.165) is 16.1 Å². The Hall–Kier alpha value is -2.64. The number of nitrogens with one attached hydrogen (secondary N) is 2. The molecule has 0 saturated carbocycles. The summed E-state index contributed by atoms with van der Waals surface area (Å²) in [7, 11) is -0.756. The van der Waals surface area contributed by atoms with Gasteiger partial charge in [0.15, 0.2) is 10.7 Å². The lowest BCUT2D eigenvalue weighted by molar-refractivity contribution is -0.119. The van der Waals surface area contributed by atoms with Gasteiger partial charge in [0.1, 0.15) is 0 Å². The highest BCUT2D eigenvalue weighted by atomic mass is 32.2. The van der Waals surface area contributed by atoms with Crippen molar-refractivity contribution in [3.63, 3.8) is 0 Å². The van der Waals surface area contributed by atoms with Crippen LogP contribution in [0.3, 0.4) is 0 Å². The van der Waals surface area contributed by atoms with Gasteiger partial charge in [-0.1, -0.05) is 16.9 Å². The van der Waals surface area contributed by atoms with Crippen LogP contribution in [0.4, 0.5) is 4.79 Å². The molecule has 1 unspecified atom stereocenters. The minimum absolute atomic E-state index is 0.0874. The maximum Gasteiger partial charge on any atom is 0.328 e. The molecule has 3 rings (SSSR count). The van der Waals surface area contributed by atoms with Gasteiger partial charge in [-0.05, 0) is 32.0 Å². The summed E-state index contributed by atoms with van der Waals surface area (Å²) >= 11 is 1.06. The number of fused-ring (bicyclic) bond motifs is 3. The van der Waals surface area contributed by atoms with E-state index >= 15 is 0 Å². The van der Waals surface area contributed by atoms with Crippen molar-refractivity contribution in [3.05, 3.63) is 18.2 Å². The van der Waals surface area contributed by atoms with Crippen LogP contribution in [-0.4, -0.2) is 65.1 Å². The van der Waals surface area contributed by atoms with E-state index in [4.69, 9.17) is 4.42 Å². The van der Waals surface area contributed by atoms with Crippen molar-refractivity contribution in [1.29, 1.82) is 0 Å². The summed E-state index contributed by atoms with van der Waals surface area (Å²) in [6.07, 6.45) is 0. The van der Waals surface area contributed by atoms with E-state index in [9.17, 15) is 18.0 Å². The van der Waals surface area contributed by atoms with E-state index in [1.54, 1.807) is 19.9 Å². The first-order chi connectivity index (χ1) is 13.6. The number of aromatic nitrogens is 3. The number of oxazole rings is 1. The topological polar surface area (TPSA) is 139 Å². The number of sulfonamides is 1. The van der Waals surface area contributed by atoms with Gasteiger partial charge in [0.05, 0.1) is 15.7 Å². The Kier molecular flexibility index (Phi) is 5.82. The molecule has 13 heteroatoms. The number of thioether (sulfide) groups is 1. The van der Waals surface area contributed by atoms with Gasteiger partial charge in [-0.25, -0.2) is 21.9 Å². The van der Waals surface area contributed by atoms with Crippen LogP contribution in [0.15, 0.2) is 32.7 Å². The summed E-state index contributed by atoms with van der Waals surface area (Å²) in [5.41, 5.74) is 0.876. The highest BCUT2D eigenvalue weighted by Crippen LogP contribution is 2.29. The largest absolute Gasteiger partial charge is 0.422 e. The predicted octanol–water partition coefficient (Wildman–Crippen LogP) is 1.05. The van der Waals surface area contributed by atoms with Gasteiger partial charge in [0.25, 0.3) is 0 Å². The fourth-order valence-electron chi connectivity index (χ4n) is 2.46. The third-order valence-electron chi connectivity index (χ3n) is 3.98. The predicted molar refractivity (Wildman–Crippen MR) is 106 cm³/mol. The molecule has 0 spiro atoms. The summed E-state index contributed by atoms with van der Waals surface area (Å²) < 4.78 is 33.1. The van der Waals surface area contributed by atoms with Crippen LogP contribution in [0.5, 0.6) is 0 Å². The highest BCUT2D eigenvalue weighted by Gasteiger charge is 2.24. The van der Waals surface area contributed by atoms with Crippen molar-refractivity contribution in [2.24, 2.45) is 0 Å². The van der Waals surface area contributed by atoms with Crippen LogP contribution in [0.25, 0.3) is 16.9 Å². The number of carbonyl (C=O) groups excluding carboxylic acids is 2. The first-order valence-corrected chi connectivity index (χ1v) is 10.9. The number of hydrogen-bond acceptors (Lipinski definition) is 8. The van der Waals surface area contributed by atoms with E-state index in [2.05, 4.69) is 20.8 Å². The van der Waals surface area contributed by atoms with Crippen LogP contribution in [0.1, 0.15) is 13.8 Å². The van der Waals surface area contributed by atoms with Crippen LogP contribution in [0.2, 0.25) is 0 Å². The van der Waals surface area contributed by atoms with Crippen LogP contribution < -0.4 is 10.6 Å². The number of nitrogens with zero attached hydrogens (tertiary/aromatic N) is 4. The Morgan fingerprint density at radius 1 is 1.31 bits per heavy atom. The van der Waals surface area contributed by atoms with E-state index < -0.39 is 27.2 Å². The fraction of sp³-hybridized carbons (Fsp3) is 0.375. The second-order valence-corrected chi connectivity index (χ2v) is 9.69. The van der Waals surface area contributed by atoms with Gasteiger partial charge in [-0.2, -0.15) is 0 Å². The van der Waals surface area contributed by atoms with Gasteiger partial charge < -0.3 is 9.73 Å². The molecule has 0 saturated heterocycles. The number of imide groups is 1. The Morgan fingerprint density at radius 2 is 2.03 bits per heavy atom. The Morgan fingerprint density at radius 3 is 2.69 bits per heavy atom. The summed E-state index contributed by atoms with van der Waals surface area (Å²) in [5, 5.41) is 12.3. The van der Waals surface area contributed by atoms with Gasteiger partial charge in [0.2, 0.25) is 15.9 Å². The van der Waals surface area contributed by atoms with E-state index in [0.29, 0.717) is 22.8 Å². The first kappa shape index (κ1) is 21.1. The molecule has 1 atom stereocenters. The molecule has 0 aliphatic rings. The molecule has 1 aromatic carbocycles. The van der Waals surface area contributed by atoms with Crippen molar-refractivity contribution in [2.75, 3.05) is 20.6 Å². The number of carbonyl (C=O) groups is 2. The molecule has 3 amide bonds. The van der Waals surface area contributed by atoms with Crippen molar-refractivity contribution in [3.8, 4) is 0 Å². The SMILES string of the molecule is CCNC(=O)NC(=O)C(C)Sc1nnc2oc3ccc(S(=O)(=O)N(C)C)cc3n12. The molecule has 0 aliphatic heterocycles. The molecule has 0 fully saturated rings. The second-order valence-electron chi connectivity index (χ2n) is 6.23. The molecular formula is C16H20N6O5S2. The number of benzene rings is 1. The zero-order valence-electron chi connectivity index (χ0n) is 16.2. The molecule has 2 heterocycles. The van der Waals surface area contributed by atoms with Gasteiger partial charge in [-0.15, -0.1) is 5.10 Å². The quantitative estimate of drug-likeness (QED) is 0.542. The average Bonchev–Trinajstić information content (AvgIpc) is 3.20. The average molecular weight is 441 g/mol. The Balaban J connectivity index is 1.95. The molecule has 156 valence electrons. The minimum atomic E-state index is -3.64. The Bertz CT molecular complexity index is 1180. The molecule has 2 aromatic heterocycles. The number of hydrogen-bond donors (Lipinski definition) is 2. The molecular weight excluding hydrogens is 420 g/mol. The van der Waals surface area contributed by atoms with Crippen molar-refractivity contribution >= 4 is 50.7 Å². The number of urea groups is 1. The van der Waals surface area contributed by atoms with Gasteiger partial charge >= 0.3 is 11.9 Å². The number of amides is 3. The summed E-state index contributed by atoms with van der Waals surface area (Å²) in [4.78, 5) is 23.8. The molecule has 0 aliphatic carbocycles. The van der Waals surface area contributed by atoms with Crippen molar-refractivity contribution in [2.45, 2.75) is 29.1 Å². The standard InChI is InChI=1S/C16H20N6O5S2/c1-5-17-14(24)18-13(23)9(2)28-16-20-19-15-22(16)11-8-10(6-7-12(11)27-15)29(25,26)21(3)4/h6-9H,5H2,1-4H3,(H2,17,18,23,24). The molecule has 0 bridgehead atoms. The normalized spacial score (nSPS) is 13.1. The van der Waals surface area contributed by atoms with Crippen molar-refractivity contribution in [1.82, 2.24) is 29.5 Å². The van der Waals surface area contributed by atoms with Crippen molar-refractivity contribution < 1.29 is 22.4 Å². The van der Waals surface area contributed by atoms with E-state index in [1.807, 2.05) is 0 Å². The van der Waals surface area contributed by atoms with E-state index in [-0.39, 0.29) is 10.7 Å². The van der Waals surface area contributed by atoms with E-state index in [1.165, 1.54) is 30.6 Å². The first-order valence-electron chi connectivity index (χ1n) is 8.60. The zero-order chi connectivity index (χ0) is 21.3.